The number of carbonyl (C=O) groups is 2. The maximum absolute atomic E-state index is 13.5. The first-order chi connectivity index (χ1) is 16.6. The van der Waals surface area contributed by atoms with Crippen molar-refractivity contribution in [2.24, 2.45) is 4.99 Å². The number of rotatable bonds is 5. The zero-order valence-electron chi connectivity index (χ0n) is 19.8. The van der Waals surface area contributed by atoms with E-state index in [0.29, 0.717) is 18.8 Å². The van der Waals surface area contributed by atoms with Crippen LogP contribution in [0.1, 0.15) is 37.7 Å². The normalized spacial score (nSPS) is 20.0. The SMILES string of the molecule is COc1ccccc1N1CCN(C(=O)CN2C(=O)C(c3ccccc3)=NC23CCCCC3)CC1. The molecule has 2 aliphatic heterocycles. The van der Waals surface area contributed by atoms with Gasteiger partial charge in [0.1, 0.15) is 23.7 Å². The van der Waals surface area contributed by atoms with Gasteiger partial charge in [0, 0.05) is 31.7 Å². The molecule has 0 N–H and O–H groups in total. The van der Waals surface area contributed by atoms with E-state index in [0.717, 1.165) is 62.2 Å². The quantitative estimate of drug-likeness (QED) is 0.687. The van der Waals surface area contributed by atoms with Crippen LogP contribution in [0.4, 0.5) is 5.69 Å². The van der Waals surface area contributed by atoms with Gasteiger partial charge in [0.05, 0.1) is 12.8 Å². The van der Waals surface area contributed by atoms with Crippen LogP contribution in [-0.2, 0) is 9.59 Å². The molecule has 34 heavy (non-hydrogen) atoms. The summed E-state index contributed by atoms with van der Waals surface area (Å²) in [6.07, 6.45) is 4.86. The van der Waals surface area contributed by atoms with Crippen molar-refractivity contribution in [1.82, 2.24) is 9.80 Å². The summed E-state index contributed by atoms with van der Waals surface area (Å²) >= 11 is 0. The minimum absolute atomic E-state index is 0.00230. The summed E-state index contributed by atoms with van der Waals surface area (Å²) in [5, 5.41) is 0. The van der Waals surface area contributed by atoms with Crippen LogP contribution in [0.5, 0.6) is 5.75 Å². The van der Waals surface area contributed by atoms with Gasteiger partial charge in [-0.1, -0.05) is 48.9 Å². The number of piperazine rings is 1. The van der Waals surface area contributed by atoms with E-state index in [2.05, 4.69) is 11.0 Å². The van der Waals surface area contributed by atoms with Crippen molar-refractivity contribution in [1.29, 1.82) is 0 Å². The summed E-state index contributed by atoms with van der Waals surface area (Å²) in [6.45, 7) is 2.80. The van der Waals surface area contributed by atoms with Crippen LogP contribution in [0.25, 0.3) is 0 Å². The van der Waals surface area contributed by atoms with E-state index in [1.54, 1.807) is 12.0 Å². The van der Waals surface area contributed by atoms with Gasteiger partial charge in [-0.3, -0.25) is 14.6 Å². The number of para-hydroxylation sites is 2. The second-order valence-corrected chi connectivity index (χ2v) is 9.30. The minimum atomic E-state index is -0.574. The second kappa shape index (κ2) is 9.49. The van der Waals surface area contributed by atoms with E-state index in [4.69, 9.17) is 9.73 Å². The molecule has 0 unspecified atom stereocenters. The van der Waals surface area contributed by atoms with Gasteiger partial charge in [0.2, 0.25) is 5.91 Å². The van der Waals surface area contributed by atoms with Gasteiger partial charge in [-0.25, -0.2) is 0 Å². The Labute approximate surface area is 201 Å². The Balaban J connectivity index is 1.29. The van der Waals surface area contributed by atoms with E-state index < -0.39 is 5.66 Å². The van der Waals surface area contributed by atoms with Gasteiger partial charge < -0.3 is 19.4 Å². The predicted molar refractivity (Wildman–Crippen MR) is 132 cm³/mol. The number of hydrogen-bond acceptors (Lipinski definition) is 5. The summed E-state index contributed by atoms with van der Waals surface area (Å²) in [5.41, 5.74) is 1.80. The van der Waals surface area contributed by atoms with Gasteiger partial charge in [-0.2, -0.15) is 0 Å². The number of amides is 2. The molecule has 2 aromatic rings. The number of methoxy groups -OCH3 is 1. The molecule has 0 aromatic heterocycles. The summed E-state index contributed by atoms with van der Waals surface area (Å²) < 4.78 is 5.50. The van der Waals surface area contributed by atoms with E-state index in [-0.39, 0.29) is 18.4 Å². The Morgan fingerprint density at radius 3 is 2.32 bits per heavy atom. The Morgan fingerprint density at radius 2 is 1.62 bits per heavy atom. The zero-order valence-corrected chi connectivity index (χ0v) is 19.8. The Bertz CT molecular complexity index is 1070. The molecule has 0 radical (unpaired) electrons. The fourth-order valence-electron chi connectivity index (χ4n) is 5.46. The molecule has 0 atom stereocenters. The van der Waals surface area contributed by atoms with Crippen LogP contribution in [0.3, 0.4) is 0 Å². The summed E-state index contributed by atoms with van der Waals surface area (Å²) in [7, 11) is 1.68. The lowest BCUT2D eigenvalue weighted by Crippen LogP contribution is -2.55. The van der Waals surface area contributed by atoms with Crippen molar-refractivity contribution < 1.29 is 14.3 Å². The molecule has 2 aromatic carbocycles. The fraction of sp³-hybridized carbons (Fsp3) is 0.444. The van der Waals surface area contributed by atoms with E-state index in [9.17, 15) is 9.59 Å². The smallest absolute Gasteiger partial charge is 0.275 e. The number of hydrogen-bond donors (Lipinski definition) is 0. The standard InChI is InChI=1S/C27H32N4O3/c1-34-23-13-7-6-12-22(23)29-16-18-30(19-17-29)24(32)20-31-26(33)25(21-10-4-2-5-11-21)28-27(31)14-8-3-9-15-27/h2,4-7,10-13H,3,8-9,14-20H2,1H3. The highest BCUT2D eigenvalue weighted by atomic mass is 16.5. The van der Waals surface area contributed by atoms with Crippen molar-refractivity contribution in [3.8, 4) is 5.75 Å². The van der Waals surface area contributed by atoms with Crippen molar-refractivity contribution in [2.45, 2.75) is 37.8 Å². The van der Waals surface area contributed by atoms with Gasteiger partial charge in [-0.05, 0) is 37.8 Å². The first-order valence-corrected chi connectivity index (χ1v) is 12.2. The molecule has 2 fully saturated rings. The molecule has 5 rings (SSSR count). The van der Waals surface area contributed by atoms with Crippen molar-refractivity contribution >= 4 is 23.2 Å². The van der Waals surface area contributed by atoms with Crippen LogP contribution in [-0.4, -0.2) is 72.8 Å². The molecule has 1 spiro atoms. The molecule has 2 heterocycles. The molecular weight excluding hydrogens is 428 g/mol. The summed E-state index contributed by atoms with van der Waals surface area (Å²) in [5.74, 6) is 0.728. The summed E-state index contributed by atoms with van der Waals surface area (Å²) in [6, 6.07) is 17.6. The molecule has 178 valence electrons. The van der Waals surface area contributed by atoms with Crippen molar-refractivity contribution in [2.75, 3.05) is 44.7 Å². The van der Waals surface area contributed by atoms with Gasteiger partial charge in [0.15, 0.2) is 0 Å². The highest BCUT2D eigenvalue weighted by molar-refractivity contribution is 6.47. The first-order valence-electron chi connectivity index (χ1n) is 12.2. The average molecular weight is 461 g/mol. The lowest BCUT2D eigenvalue weighted by molar-refractivity contribution is -0.141. The second-order valence-electron chi connectivity index (χ2n) is 9.30. The number of carbonyl (C=O) groups excluding carboxylic acids is 2. The van der Waals surface area contributed by atoms with Crippen molar-refractivity contribution in [3.63, 3.8) is 0 Å². The molecule has 1 aliphatic carbocycles. The molecule has 3 aliphatic rings. The van der Waals surface area contributed by atoms with Crippen LogP contribution in [0, 0.1) is 0 Å². The largest absolute Gasteiger partial charge is 0.495 e. The molecule has 1 saturated heterocycles. The van der Waals surface area contributed by atoms with E-state index in [1.165, 1.54) is 0 Å². The molecule has 0 bridgehead atoms. The highest BCUT2D eigenvalue weighted by Gasteiger charge is 2.48. The number of aliphatic imine (C=N–C) groups is 1. The summed E-state index contributed by atoms with van der Waals surface area (Å²) in [4.78, 5) is 37.8. The Morgan fingerprint density at radius 1 is 0.941 bits per heavy atom. The molecule has 7 nitrogen and oxygen atoms in total. The van der Waals surface area contributed by atoms with Crippen LogP contribution >= 0.6 is 0 Å². The number of anilines is 1. The lowest BCUT2D eigenvalue weighted by Gasteiger charge is -2.41. The van der Waals surface area contributed by atoms with Crippen LogP contribution in [0.15, 0.2) is 59.6 Å². The van der Waals surface area contributed by atoms with E-state index in [1.807, 2.05) is 53.4 Å². The van der Waals surface area contributed by atoms with Gasteiger partial charge in [-0.15, -0.1) is 0 Å². The maximum atomic E-state index is 13.5. The number of benzene rings is 2. The monoisotopic (exact) mass is 460 g/mol. The highest BCUT2D eigenvalue weighted by Crippen LogP contribution is 2.39. The third-order valence-electron chi connectivity index (χ3n) is 7.32. The van der Waals surface area contributed by atoms with Crippen LogP contribution in [0.2, 0.25) is 0 Å². The number of ether oxygens (including phenoxy) is 1. The first kappa shape index (κ1) is 22.4. The van der Waals surface area contributed by atoms with Gasteiger partial charge >= 0.3 is 0 Å². The number of nitrogens with zero attached hydrogens (tertiary/aromatic N) is 4. The third-order valence-corrected chi connectivity index (χ3v) is 7.32. The van der Waals surface area contributed by atoms with Gasteiger partial charge in [0.25, 0.3) is 5.91 Å². The molecule has 2 amide bonds. The molecular formula is C27H32N4O3. The third kappa shape index (κ3) is 4.15. The molecule has 7 heteroatoms. The van der Waals surface area contributed by atoms with Crippen LogP contribution < -0.4 is 9.64 Å². The fourth-order valence-corrected chi connectivity index (χ4v) is 5.46. The average Bonchev–Trinajstić information content (AvgIpc) is 3.15. The predicted octanol–water partition coefficient (Wildman–Crippen LogP) is 3.34. The minimum Gasteiger partial charge on any atom is -0.495 e. The maximum Gasteiger partial charge on any atom is 0.275 e. The molecule has 1 saturated carbocycles. The topological polar surface area (TPSA) is 65.5 Å². The zero-order chi connectivity index (χ0) is 23.5. The Kier molecular flexibility index (Phi) is 6.26. The lowest BCUT2D eigenvalue weighted by atomic mass is 9.88. The Hall–Kier alpha value is -3.35. The van der Waals surface area contributed by atoms with Crippen molar-refractivity contribution in [3.05, 3.63) is 60.2 Å². The van der Waals surface area contributed by atoms with E-state index >= 15 is 0 Å².